The maximum Gasteiger partial charge on any atom is 0.276 e. The molecule has 0 unspecified atom stereocenters. The van der Waals surface area contributed by atoms with E-state index in [0.717, 1.165) is 12.0 Å². The highest BCUT2D eigenvalue weighted by atomic mass is 35.5. The van der Waals surface area contributed by atoms with Crippen molar-refractivity contribution in [1.82, 2.24) is 10.1 Å². The molecule has 8 nitrogen and oxygen atoms in total. The minimum Gasteiger partial charge on any atom is -0.490 e. The highest BCUT2D eigenvalue weighted by Crippen LogP contribution is 2.27. The lowest BCUT2D eigenvalue weighted by atomic mass is 9.97. The van der Waals surface area contributed by atoms with Crippen molar-refractivity contribution < 1.29 is 23.6 Å². The zero-order chi connectivity index (χ0) is 21.7. The number of benzene rings is 1. The van der Waals surface area contributed by atoms with Crippen molar-refractivity contribution in [2.24, 2.45) is 5.73 Å². The predicted molar refractivity (Wildman–Crippen MR) is 111 cm³/mol. The molecule has 30 heavy (non-hydrogen) atoms. The number of nitrogens with zero attached hydrogens (tertiary/aromatic N) is 2. The maximum atomic E-state index is 12.9. The largest absolute Gasteiger partial charge is 0.490 e. The molecule has 9 heteroatoms. The Balaban J connectivity index is 1.74. The monoisotopic (exact) mass is 435 g/mol. The fourth-order valence-corrected chi connectivity index (χ4v) is 3.56. The Kier molecular flexibility index (Phi) is 6.99. The molecule has 2 amide bonds. The minimum atomic E-state index is -1.05. The second kappa shape index (κ2) is 9.49. The Morgan fingerprint density at radius 1 is 1.37 bits per heavy atom. The van der Waals surface area contributed by atoms with Crippen LogP contribution in [0.15, 0.2) is 28.8 Å². The summed E-state index contributed by atoms with van der Waals surface area (Å²) < 4.78 is 17.0. The van der Waals surface area contributed by atoms with Crippen LogP contribution in [0.4, 0.5) is 0 Å². The van der Waals surface area contributed by atoms with Crippen LogP contribution in [0.2, 0.25) is 5.02 Å². The number of ether oxygens (including phenoxy) is 2. The first-order valence-corrected chi connectivity index (χ1v) is 10.3. The van der Waals surface area contributed by atoms with Gasteiger partial charge in [0.15, 0.2) is 5.69 Å². The summed E-state index contributed by atoms with van der Waals surface area (Å²) in [6.45, 7) is 4.72. The maximum absolute atomic E-state index is 12.9. The van der Waals surface area contributed by atoms with Gasteiger partial charge in [0.25, 0.3) is 5.91 Å². The number of rotatable bonds is 8. The van der Waals surface area contributed by atoms with Crippen molar-refractivity contribution in [2.45, 2.75) is 38.7 Å². The molecule has 0 spiro atoms. The summed E-state index contributed by atoms with van der Waals surface area (Å²) in [6, 6.07) is 6.94. The van der Waals surface area contributed by atoms with Gasteiger partial charge in [0.05, 0.1) is 19.6 Å². The third-order valence-electron chi connectivity index (χ3n) is 4.94. The summed E-state index contributed by atoms with van der Waals surface area (Å²) in [5.74, 6) is 0.444. The van der Waals surface area contributed by atoms with Crippen LogP contribution in [0.25, 0.3) is 0 Å². The number of halogens is 1. The predicted octanol–water partition coefficient (Wildman–Crippen LogP) is 2.75. The third-order valence-corrected chi connectivity index (χ3v) is 5.36. The summed E-state index contributed by atoms with van der Waals surface area (Å²) in [4.78, 5) is 26.3. The molecule has 2 N–H and O–H groups in total. The molecule has 2 aromatic rings. The molecule has 1 aliphatic heterocycles. The van der Waals surface area contributed by atoms with Crippen LogP contribution in [0.5, 0.6) is 5.75 Å². The quantitative estimate of drug-likeness (QED) is 0.683. The molecular formula is C21H26ClN3O5. The molecular weight excluding hydrogens is 410 g/mol. The van der Waals surface area contributed by atoms with Crippen LogP contribution in [-0.2, 0) is 16.0 Å². The van der Waals surface area contributed by atoms with Crippen LogP contribution in [0.1, 0.15) is 41.6 Å². The molecule has 1 aromatic heterocycles. The number of aromatic nitrogens is 1. The number of hydrogen-bond acceptors (Lipinski definition) is 6. The van der Waals surface area contributed by atoms with Gasteiger partial charge in [-0.15, -0.1) is 0 Å². The van der Waals surface area contributed by atoms with Gasteiger partial charge in [-0.1, -0.05) is 23.7 Å². The van der Waals surface area contributed by atoms with Crippen molar-refractivity contribution in [3.63, 3.8) is 0 Å². The summed E-state index contributed by atoms with van der Waals surface area (Å²) >= 11 is 6.06. The molecule has 0 saturated carbocycles. The number of carbonyl (C=O) groups is 2. The molecule has 1 aromatic carbocycles. The van der Waals surface area contributed by atoms with Crippen LogP contribution in [0, 0.1) is 6.92 Å². The van der Waals surface area contributed by atoms with E-state index in [9.17, 15) is 9.59 Å². The number of aryl methyl sites for hydroxylation is 2. The van der Waals surface area contributed by atoms with E-state index < -0.39 is 11.5 Å². The van der Waals surface area contributed by atoms with Gasteiger partial charge in [-0.2, -0.15) is 0 Å². The smallest absolute Gasteiger partial charge is 0.276 e. The average Bonchev–Trinajstić information content (AvgIpc) is 3.17. The Morgan fingerprint density at radius 2 is 2.17 bits per heavy atom. The highest BCUT2D eigenvalue weighted by molar-refractivity contribution is 6.31. The van der Waals surface area contributed by atoms with Crippen molar-refractivity contribution in [2.75, 3.05) is 26.3 Å². The number of morpholine rings is 1. The summed E-state index contributed by atoms with van der Waals surface area (Å²) in [5, 5.41) is 4.52. The van der Waals surface area contributed by atoms with Gasteiger partial charge < -0.3 is 24.6 Å². The molecule has 0 radical (unpaired) electrons. The topological polar surface area (TPSA) is 108 Å². The van der Waals surface area contributed by atoms with E-state index in [-0.39, 0.29) is 37.8 Å². The normalized spacial score (nSPS) is 19.0. The molecule has 1 fully saturated rings. The van der Waals surface area contributed by atoms with Crippen molar-refractivity contribution in [3.05, 3.63) is 46.3 Å². The van der Waals surface area contributed by atoms with Gasteiger partial charge in [-0.25, -0.2) is 0 Å². The van der Waals surface area contributed by atoms with Gasteiger partial charge in [0.1, 0.15) is 23.7 Å². The first kappa shape index (κ1) is 22.1. The zero-order valence-electron chi connectivity index (χ0n) is 17.2. The van der Waals surface area contributed by atoms with E-state index in [1.807, 2.05) is 13.8 Å². The third kappa shape index (κ3) is 5.31. The second-order valence-corrected chi connectivity index (χ2v) is 7.94. The van der Waals surface area contributed by atoms with Crippen LogP contribution in [0.3, 0.4) is 0 Å². The molecule has 0 aliphatic carbocycles. The van der Waals surface area contributed by atoms with E-state index in [1.54, 1.807) is 29.2 Å². The molecule has 1 aliphatic rings. The lowest BCUT2D eigenvalue weighted by Crippen LogP contribution is -2.58. The Labute approximate surface area is 180 Å². The standard InChI is InChI=1S/C21H26ClN3O5/c1-3-4-16-10-18(24-30-16)20(27)25-7-8-29-21(12-25,11-19(23)26)13-28-15-5-6-17(22)14(2)9-15/h5-6,9-10H,3-4,7-8,11-13H2,1-2H3,(H2,23,26)/t21-/m1/s1. The molecule has 1 atom stereocenters. The van der Waals surface area contributed by atoms with Crippen molar-refractivity contribution in [3.8, 4) is 5.75 Å². The van der Waals surface area contributed by atoms with Gasteiger partial charge in [-0.05, 0) is 37.1 Å². The summed E-state index contributed by atoms with van der Waals surface area (Å²) in [7, 11) is 0. The van der Waals surface area contributed by atoms with E-state index in [4.69, 9.17) is 31.3 Å². The Hall–Kier alpha value is -2.58. The average molecular weight is 436 g/mol. The number of amides is 2. The van der Waals surface area contributed by atoms with E-state index >= 15 is 0 Å². The van der Waals surface area contributed by atoms with Gasteiger partial charge >= 0.3 is 0 Å². The Morgan fingerprint density at radius 3 is 2.87 bits per heavy atom. The van der Waals surface area contributed by atoms with Gasteiger partial charge in [-0.3, -0.25) is 9.59 Å². The van der Waals surface area contributed by atoms with Crippen LogP contribution in [-0.4, -0.2) is 53.8 Å². The zero-order valence-corrected chi connectivity index (χ0v) is 17.9. The lowest BCUT2D eigenvalue weighted by Gasteiger charge is -2.41. The second-order valence-electron chi connectivity index (χ2n) is 7.53. The van der Waals surface area contributed by atoms with Crippen LogP contribution >= 0.6 is 11.6 Å². The number of nitrogens with two attached hydrogens (primary N) is 1. The fraction of sp³-hybridized carbons (Fsp3) is 0.476. The first-order valence-electron chi connectivity index (χ1n) is 9.88. The number of primary amides is 1. The fourth-order valence-electron chi connectivity index (χ4n) is 3.44. The highest BCUT2D eigenvalue weighted by Gasteiger charge is 2.41. The molecule has 3 rings (SSSR count). The number of hydrogen-bond donors (Lipinski definition) is 1. The Bertz CT molecular complexity index is 916. The summed E-state index contributed by atoms with van der Waals surface area (Å²) in [5.41, 5.74) is 5.52. The van der Waals surface area contributed by atoms with Gasteiger partial charge in [0, 0.05) is 24.1 Å². The van der Waals surface area contributed by atoms with E-state index in [0.29, 0.717) is 29.5 Å². The number of carbonyl (C=O) groups excluding carboxylic acids is 2. The van der Waals surface area contributed by atoms with Crippen molar-refractivity contribution >= 4 is 23.4 Å². The van der Waals surface area contributed by atoms with E-state index in [1.165, 1.54) is 0 Å². The lowest BCUT2D eigenvalue weighted by molar-refractivity contribution is -0.142. The molecule has 162 valence electrons. The SMILES string of the molecule is CCCc1cc(C(=O)N2CCO[C@](COc3ccc(Cl)c(C)c3)(CC(N)=O)C2)no1. The summed E-state index contributed by atoms with van der Waals surface area (Å²) in [6.07, 6.45) is 1.52. The van der Waals surface area contributed by atoms with Crippen LogP contribution < -0.4 is 10.5 Å². The van der Waals surface area contributed by atoms with Crippen molar-refractivity contribution in [1.29, 1.82) is 0 Å². The molecule has 2 heterocycles. The van der Waals surface area contributed by atoms with E-state index in [2.05, 4.69) is 5.16 Å². The first-order chi connectivity index (χ1) is 14.3. The minimum absolute atomic E-state index is 0.0562. The molecule has 0 bridgehead atoms. The molecule has 1 saturated heterocycles. The van der Waals surface area contributed by atoms with Gasteiger partial charge in [0.2, 0.25) is 5.91 Å².